The monoisotopic (exact) mass is 496 g/mol. The molecule has 0 fully saturated rings. The van der Waals surface area contributed by atoms with Gasteiger partial charge in [0, 0.05) is 6.54 Å². The molecule has 0 radical (unpaired) electrons. The molecule has 0 atom stereocenters. The maximum absolute atomic E-state index is 13.4. The van der Waals surface area contributed by atoms with Crippen molar-refractivity contribution in [1.82, 2.24) is 0 Å². The van der Waals surface area contributed by atoms with Gasteiger partial charge in [0.1, 0.15) is 11.5 Å². The molecule has 0 heterocycles. The molecule has 3 aromatic rings. The van der Waals surface area contributed by atoms with Gasteiger partial charge in [0.05, 0.1) is 23.4 Å². The molecule has 0 aromatic heterocycles. The summed E-state index contributed by atoms with van der Waals surface area (Å²) >= 11 is 0. The van der Waals surface area contributed by atoms with E-state index < -0.39 is 15.9 Å². The number of nitrogens with zero attached hydrogens (tertiary/aromatic N) is 1. The van der Waals surface area contributed by atoms with Gasteiger partial charge in [0.2, 0.25) is 0 Å². The van der Waals surface area contributed by atoms with Gasteiger partial charge >= 0.3 is 0 Å². The van der Waals surface area contributed by atoms with Crippen molar-refractivity contribution >= 4 is 27.3 Å². The summed E-state index contributed by atoms with van der Waals surface area (Å²) in [5, 5.41) is 2.70. The van der Waals surface area contributed by atoms with Crippen LogP contribution in [0.5, 0.6) is 11.5 Å². The third-order valence-corrected chi connectivity index (χ3v) is 7.35. The molecule has 1 N–H and O–H groups in total. The first-order chi connectivity index (χ1) is 16.6. The zero-order valence-electron chi connectivity index (χ0n) is 20.7. The molecule has 1 amide bonds. The summed E-state index contributed by atoms with van der Waals surface area (Å²) in [5.41, 5.74) is 1.98. The van der Waals surface area contributed by atoms with Crippen LogP contribution in [-0.4, -0.2) is 34.6 Å². The SMILES string of the molecule is CCN(c1ccccc1)S(=O)(=O)c1ccc(OC)c(NC(=O)COc2ccc(C(C)(C)C)cc2)c1. The number of hydrogen-bond acceptors (Lipinski definition) is 5. The molecule has 0 spiro atoms. The second-order valence-electron chi connectivity index (χ2n) is 8.98. The minimum Gasteiger partial charge on any atom is -0.495 e. The summed E-state index contributed by atoms with van der Waals surface area (Å²) in [6.45, 7) is 8.15. The van der Waals surface area contributed by atoms with E-state index in [1.165, 1.54) is 29.6 Å². The van der Waals surface area contributed by atoms with E-state index in [0.717, 1.165) is 5.56 Å². The molecular formula is C27H32N2O5S. The van der Waals surface area contributed by atoms with Crippen LogP contribution < -0.4 is 19.1 Å². The molecule has 3 rings (SSSR count). The fourth-order valence-electron chi connectivity index (χ4n) is 3.54. The van der Waals surface area contributed by atoms with Crippen LogP contribution in [0, 0.1) is 0 Å². The lowest BCUT2D eigenvalue weighted by Crippen LogP contribution is -2.30. The third kappa shape index (κ3) is 6.33. The number of nitrogens with one attached hydrogen (secondary N) is 1. The smallest absolute Gasteiger partial charge is 0.264 e. The summed E-state index contributed by atoms with van der Waals surface area (Å²) in [6.07, 6.45) is 0. The highest BCUT2D eigenvalue weighted by Crippen LogP contribution is 2.31. The van der Waals surface area contributed by atoms with Crippen LogP contribution in [0.4, 0.5) is 11.4 Å². The molecule has 0 bridgehead atoms. The summed E-state index contributed by atoms with van der Waals surface area (Å²) in [7, 11) is -2.41. The van der Waals surface area contributed by atoms with E-state index in [1.807, 2.05) is 30.3 Å². The van der Waals surface area contributed by atoms with E-state index in [0.29, 0.717) is 17.2 Å². The van der Waals surface area contributed by atoms with Gasteiger partial charge in [-0.05, 0) is 60.4 Å². The number of sulfonamides is 1. The molecule has 0 saturated carbocycles. The number of ether oxygens (including phenoxy) is 2. The van der Waals surface area contributed by atoms with Crippen LogP contribution in [-0.2, 0) is 20.2 Å². The van der Waals surface area contributed by atoms with Crippen molar-refractivity contribution in [2.75, 3.05) is 29.9 Å². The Morgan fingerprint density at radius 2 is 1.63 bits per heavy atom. The van der Waals surface area contributed by atoms with E-state index in [1.54, 1.807) is 31.2 Å². The van der Waals surface area contributed by atoms with E-state index in [-0.39, 0.29) is 29.1 Å². The van der Waals surface area contributed by atoms with E-state index >= 15 is 0 Å². The maximum atomic E-state index is 13.4. The van der Waals surface area contributed by atoms with Gasteiger partial charge < -0.3 is 14.8 Å². The highest BCUT2D eigenvalue weighted by molar-refractivity contribution is 7.92. The molecule has 0 aliphatic heterocycles. The predicted octanol–water partition coefficient (Wildman–Crippen LogP) is 5.23. The Kier molecular flexibility index (Phi) is 8.07. The lowest BCUT2D eigenvalue weighted by atomic mass is 9.87. The van der Waals surface area contributed by atoms with Crippen molar-refractivity contribution in [1.29, 1.82) is 0 Å². The second kappa shape index (κ2) is 10.8. The van der Waals surface area contributed by atoms with Crippen LogP contribution in [0.2, 0.25) is 0 Å². The van der Waals surface area contributed by atoms with Crippen molar-refractivity contribution in [3.05, 3.63) is 78.4 Å². The summed E-state index contributed by atoms with van der Waals surface area (Å²) < 4.78 is 39.0. The second-order valence-corrected chi connectivity index (χ2v) is 10.8. The first-order valence-electron chi connectivity index (χ1n) is 11.3. The highest BCUT2D eigenvalue weighted by Gasteiger charge is 2.25. The topological polar surface area (TPSA) is 84.9 Å². The highest BCUT2D eigenvalue weighted by atomic mass is 32.2. The van der Waals surface area contributed by atoms with Gasteiger partial charge in [-0.2, -0.15) is 0 Å². The standard InChI is InChI=1S/C27H32N2O5S/c1-6-29(21-10-8-7-9-11-21)35(31,32)23-16-17-25(33-5)24(18-23)28-26(30)19-34-22-14-12-20(13-15-22)27(2,3)4/h7-18H,6,19H2,1-5H3,(H,28,30). The number of methoxy groups -OCH3 is 1. The third-order valence-electron chi connectivity index (χ3n) is 5.45. The predicted molar refractivity (Wildman–Crippen MR) is 139 cm³/mol. The molecule has 0 unspecified atom stereocenters. The van der Waals surface area contributed by atoms with Gasteiger partial charge in [-0.15, -0.1) is 0 Å². The Morgan fingerprint density at radius 3 is 2.20 bits per heavy atom. The van der Waals surface area contributed by atoms with Crippen molar-refractivity contribution in [2.24, 2.45) is 0 Å². The van der Waals surface area contributed by atoms with E-state index in [9.17, 15) is 13.2 Å². The molecule has 3 aromatic carbocycles. The number of carbonyl (C=O) groups is 1. The Hall–Kier alpha value is -3.52. The number of para-hydroxylation sites is 1. The van der Waals surface area contributed by atoms with Crippen LogP contribution in [0.15, 0.2) is 77.7 Å². The Labute approximate surface area is 207 Å². The minimum atomic E-state index is -3.86. The number of rotatable bonds is 9. The van der Waals surface area contributed by atoms with Crippen LogP contribution in [0.25, 0.3) is 0 Å². The Balaban J connectivity index is 1.76. The number of benzene rings is 3. The molecule has 8 heteroatoms. The summed E-state index contributed by atoms with van der Waals surface area (Å²) in [4.78, 5) is 12.6. The molecule has 0 aliphatic rings. The normalized spacial score (nSPS) is 11.6. The molecule has 35 heavy (non-hydrogen) atoms. The van der Waals surface area contributed by atoms with Gasteiger partial charge in [-0.25, -0.2) is 8.42 Å². The lowest BCUT2D eigenvalue weighted by molar-refractivity contribution is -0.118. The van der Waals surface area contributed by atoms with Gasteiger partial charge in [-0.3, -0.25) is 9.10 Å². The quantitative estimate of drug-likeness (QED) is 0.439. The average molecular weight is 497 g/mol. The Bertz CT molecular complexity index is 1250. The van der Waals surface area contributed by atoms with Crippen LogP contribution in [0.3, 0.4) is 0 Å². The zero-order valence-corrected chi connectivity index (χ0v) is 21.6. The molecular weight excluding hydrogens is 464 g/mol. The number of hydrogen-bond donors (Lipinski definition) is 1. The van der Waals surface area contributed by atoms with Crippen molar-refractivity contribution in [3.8, 4) is 11.5 Å². The van der Waals surface area contributed by atoms with Crippen LogP contribution >= 0.6 is 0 Å². The first-order valence-corrected chi connectivity index (χ1v) is 12.8. The maximum Gasteiger partial charge on any atom is 0.264 e. The van der Waals surface area contributed by atoms with E-state index in [2.05, 4.69) is 26.1 Å². The number of carbonyl (C=O) groups excluding carboxylic acids is 1. The van der Waals surface area contributed by atoms with Crippen molar-refractivity contribution in [2.45, 2.75) is 38.0 Å². The fourth-order valence-corrected chi connectivity index (χ4v) is 5.04. The van der Waals surface area contributed by atoms with Crippen molar-refractivity contribution in [3.63, 3.8) is 0 Å². The Morgan fingerprint density at radius 1 is 0.971 bits per heavy atom. The van der Waals surface area contributed by atoms with Crippen molar-refractivity contribution < 1.29 is 22.7 Å². The summed E-state index contributed by atoms with van der Waals surface area (Å²) in [6, 6.07) is 20.8. The van der Waals surface area contributed by atoms with Gasteiger partial charge in [-0.1, -0.05) is 51.1 Å². The fraction of sp³-hybridized carbons (Fsp3) is 0.296. The molecule has 7 nitrogen and oxygen atoms in total. The van der Waals surface area contributed by atoms with Gasteiger partial charge in [0.25, 0.3) is 15.9 Å². The lowest BCUT2D eigenvalue weighted by Gasteiger charge is -2.23. The molecule has 0 saturated heterocycles. The van der Waals surface area contributed by atoms with Crippen LogP contribution in [0.1, 0.15) is 33.3 Å². The van der Waals surface area contributed by atoms with Gasteiger partial charge in [0.15, 0.2) is 6.61 Å². The molecule has 186 valence electrons. The number of anilines is 2. The minimum absolute atomic E-state index is 0.0195. The number of amides is 1. The largest absolute Gasteiger partial charge is 0.495 e. The first kappa shape index (κ1) is 26.1. The summed E-state index contributed by atoms with van der Waals surface area (Å²) in [5.74, 6) is 0.473. The average Bonchev–Trinajstić information content (AvgIpc) is 2.83. The zero-order chi connectivity index (χ0) is 25.6. The molecule has 0 aliphatic carbocycles. The van der Waals surface area contributed by atoms with E-state index in [4.69, 9.17) is 9.47 Å².